The fraction of sp³-hybridized carbons (Fsp3) is 0.263. The second-order valence-electron chi connectivity index (χ2n) is 5.92. The Morgan fingerprint density at radius 3 is 2.70 bits per heavy atom. The van der Waals surface area contributed by atoms with Crippen molar-refractivity contribution in [3.63, 3.8) is 0 Å². The third-order valence-electron chi connectivity index (χ3n) is 4.05. The molecule has 0 spiro atoms. The van der Waals surface area contributed by atoms with E-state index in [-0.39, 0.29) is 18.4 Å². The molecule has 0 saturated carbocycles. The fourth-order valence-corrected chi connectivity index (χ4v) is 2.68. The van der Waals surface area contributed by atoms with Crippen LogP contribution in [-0.4, -0.2) is 39.1 Å². The summed E-state index contributed by atoms with van der Waals surface area (Å²) in [7, 11) is 3.51. The summed E-state index contributed by atoms with van der Waals surface area (Å²) in [6.07, 6.45) is 7.14. The summed E-state index contributed by atoms with van der Waals surface area (Å²) < 4.78 is 7.20. The second kappa shape index (κ2) is 8.79. The highest BCUT2D eigenvalue weighted by molar-refractivity contribution is 5.77. The molecule has 1 atom stereocenters. The fourth-order valence-electron chi connectivity index (χ4n) is 2.68. The van der Waals surface area contributed by atoms with Gasteiger partial charge in [0.15, 0.2) is 0 Å². The van der Waals surface area contributed by atoms with Gasteiger partial charge < -0.3 is 19.9 Å². The minimum Gasteiger partial charge on any atom is -0.497 e. The first-order chi connectivity index (χ1) is 13.2. The van der Waals surface area contributed by atoms with E-state index in [0.717, 1.165) is 17.1 Å². The molecule has 140 valence electrons. The van der Waals surface area contributed by atoms with Crippen molar-refractivity contribution in [2.75, 3.05) is 19.0 Å². The Morgan fingerprint density at radius 1 is 1.19 bits per heavy atom. The van der Waals surface area contributed by atoms with Crippen LogP contribution in [0.5, 0.6) is 5.75 Å². The normalized spacial score (nSPS) is 11.6. The van der Waals surface area contributed by atoms with Crippen molar-refractivity contribution in [1.82, 2.24) is 24.8 Å². The summed E-state index contributed by atoms with van der Waals surface area (Å²) in [6.45, 7) is 0.432. The monoisotopic (exact) mass is 366 g/mol. The predicted octanol–water partition coefficient (Wildman–Crippen LogP) is 1.93. The van der Waals surface area contributed by atoms with Crippen LogP contribution in [0.4, 0.5) is 5.95 Å². The van der Waals surface area contributed by atoms with Crippen molar-refractivity contribution >= 4 is 11.9 Å². The molecule has 0 bridgehead atoms. The lowest BCUT2D eigenvalue weighted by Crippen LogP contribution is -2.32. The molecule has 1 amide bonds. The molecule has 8 nitrogen and oxygen atoms in total. The van der Waals surface area contributed by atoms with Crippen molar-refractivity contribution in [3.8, 4) is 5.75 Å². The topological polar surface area (TPSA) is 94.0 Å². The van der Waals surface area contributed by atoms with Crippen molar-refractivity contribution < 1.29 is 9.53 Å². The van der Waals surface area contributed by atoms with Crippen molar-refractivity contribution in [2.45, 2.75) is 12.5 Å². The molecule has 0 saturated heterocycles. The van der Waals surface area contributed by atoms with Gasteiger partial charge in [0.2, 0.25) is 11.9 Å². The number of aryl methyl sites for hydroxylation is 1. The maximum Gasteiger partial charge on any atom is 0.222 e. The lowest BCUT2D eigenvalue weighted by Gasteiger charge is -2.20. The molecule has 0 aliphatic heterocycles. The lowest BCUT2D eigenvalue weighted by atomic mass is 10.1. The van der Waals surface area contributed by atoms with Gasteiger partial charge in [0, 0.05) is 44.8 Å². The number of nitrogens with zero attached hydrogens (tertiary/aromatic N) is 4. The zero-order valence-corrected chi connectivity index (χ0v) is 15.3. The summed E-state index contributed by atoms with van der Waals surface area (Å²) in [5, 5.41) is 6.08. The molecule has 2 heterocycles. The first-order valence-electron chi connectivity index (χ1n) is 8.59. The van der Waals surface area contributed by atoms with E-state index in [1.165, 1.54) is 0 Å². The van der Waals surface area contributed by atoms with Gasteiger partial charge in [-0.2, -0.15) is 0 Å². The van der Waals surface area contributed by atoms with Crippen molar-refractivity contribution in [2.24, 2.45) is 7.05 Å². The molecule has 2 aromatic heterocycles. The molecule has 0 fully saturated rings. The lowest BCUT2D eigenvalue weighted by molar-refractivity contribution is -0.121. The minimum atomic E-state index is -0.374. The average molecular weight is 366 g/mol. The van der Waals surface area contributed by atoms with E-state index in [4.69, 9.17) is 4.74 Å². The number of nitrogens with one attached hydrogen (secondary N) is 2. The van der Waals surface area contributed by atoms with E-state index in [2.05, 4.69) is 25.6 Å². The highest BCUT2D eigenvalue weighted by Crippen LogP contribution is 2.24. The van der Waals surface area contributed by atoms with Crippen LogP contribution in [0.25, 0.3) is 0 Å². The molecule has 1 unspecified atom stereocenters. The van der Waals surface area contributed by atoms with Gasteiger partial charge in [-0.05, 0) is 23.8 Å². The number of rotatable bonds is 8. The van der Waals surface area contributed by atoms with Crippen LogP contribution < -0.4 is 15.4 Å². The SMILES string of the molecule is COc1cccc(C(NC(=O)CCNc2ncccn2)c2nccn2C)c1. The van der Waals surface area contributed by atoms with Crippen LogP contribution >= 0.6 is 0 Å². The molecular weight excluding hydrogens is 344 g/mol. The van der Waals surface area contributed by atoms with E-state index in [0.29, 0.717) is 12.5 Å². The Labute approximate surface area is 157 Å². The number of anilines is 1. The Balaban J connectivity index is 1.69. The van der Waals surface area contributed by atoms with Crippen molar-refractivity contribution in [1.29, 1.82) is 0 Å². The van der Waals surface area contributed by atoms with Gasteiger partial charge in [-0.15, -0.1) is 0 Å². The van der Waals surface area contributed by atoms with Crippen molar-refractivity contribution in [3.05, 3.63) is 66.5 Å². The van der Waals surface area contributed by atoms with Gasteiger partial charge in [0.25, 0.3) is 0 Å². The van der Waals surface area contributed by atoms with Crippen LogP contribution in [0.15, 0.2) is 55.1 Å². The number of carbonyl (C=O) groups is 1. The number of ether oxygens (including phenoxy) is 1. The van der Waals surface area contributed by atoms with E-state index >= 15 is 0 Å². The van der Waals surface area contributed by atoms with Crippen LogP contribution in [0.2, 0.25) is 0 Å². The standard InChI is InChI=1S/C19H22N6O2/c1-25-12-11-20-18(25)17(14-5-3-6-15(13-14)27-2)24-16(26)7-10-23-19-21-8-4-9-22-19/h3-6,8-9,11-13,17H,7,10H2,1-2H3,(H,24,26)(H,21,22,23). The van der Waals surface area contributed by atoms with Crippen LogP contribution in [0.3, 0.4) is 0 Å². The highest BCUT2D eigenvalue weighted by atomic mass is 16.5. The predicted molar refractivity (Wildman–Crippen MR) is 101 cm³/mol. The number of hydrogen-bond acceptors (Lipinski definition) is 6. The number of methoxy groups -OCH3 is 1. The van der Waals surface area contributed by atoms with Gasteiger partial charge in [-0.3, -0.25) is 4.79 Å². The van der Waals surface area contributed by atoms with E-state index in [1.54, 1.807) is 31.8 Å². The summed E-state index contributed by atoms with van der Waals surface area (Å²) in [5.74, 6) is 1.87. The van der Waals surface area contributed by atoms with Crippen LogP contribution in [0, 0.1) is 0 Å². The molecule has 0 aliphatic rings. The molecule has 3 rings (SSSR count). The molecule has 8 heteroatoms. The number of imidazole rings is 1. The number of aromatic nitrogens is 4. The van der Waals surface area contributed by atoms with Gasteiger partial charge in [-0.1, -0.05) is 12.1 Å². The van der Waals surface area contributed by atoms with E-state index in [1.807, 2.05) is 42.1 Å². The molecule has 2 N–H and O–H groups in total. The second-order valence-corrected chi connectivity index (χ2v) is 5.92. The number of benzene rings is 1. The summed E-state index contributed by atoms with van der Waals surface area (Å²) in [6, 6.07) is 8.97. The molecule has 0 aliphatic carbocycles. The molecule has 1 aromatic carbocycles. The maximum atomic E-state index is 12.5. The molecule has 0 radical (unpaired) electrons. The van der Waals surface area contributed by atoms with Gasteiger partial charge >= 0.3 is 0 Å². The van der Waals surface area contributed by atoms with Crippen LogP contribution in [-0.2, 0) is 11.8 Å². The largest absolute Gasteiger partial charge is 0.497 e. The first-order valence-corrected chi connectivity index (χ1v) is 8.59. The molecule has 3 aromatic rings. The third kappa shape index (κ3) is 4.81. The zero-order valence-electron chi connectivity index (χ0n) is 15.3. The summed E-state index contributed by atoms with van der Waals surface area (Å²) in [4.78, 5) is 25.1. The molecular formula is C19H22N6O2. The van der Waals surface area contributed by atoms with E-state index < -0.39 is 0 Å². The summed E-state index contributed by atoms with van der Waals surface area (Å²) in [5.41, 5.74) is 0.899. The average Bonchev–Trinajstić information content (AvgIpc) is 3.12. The van der Waals surface area contributed by atoms with E-state index in [9.17, 15) is 4.79 Å². The zero-order chi connectivity index (χ0) is 19.1. The Kier molecular flexibility index (Phi) is 5.98. The smallest absolute Gasteiger partial charge is 0.222 e. The number of amides is 1. The van der Waals surface area contributed by atoms with Crippen LogP contribution in [0.1, 0.15) is 23.9 Å². The minimum absolute atomic E-state index is 0.103. The Hall–Kier alpha value is -3.42. The maximum absolute atomic E-state index is 12.5. The van der Waals surface area contributed by atoms with Gasteiger partial charge in [0.05, 0.1) is 7.11 Å². The summed E-state index contributed by atoms with van der Waals surface area (Å²) >= 11 is 0. The molecule has 27 heavy (non-hydrogen) atoms. The van der Waals surface area contributed by atoms with Gasteiger partial charge in [-0.25, -0.2) is 15.0 Å². The third-order valence-corrected chi connectivity index (χ3v) is 4.05. The van der Waals surface area contributed by atoms with Gasteiger partial charge in [0.1, 0.15) is 17.6 Å². The Bertz CT molecular complexity index is 881. The number of carbonyl (C=O) groups excluding carboxylic acids is 1. The Morgan fingerprint density at radius 2 is 2.00 bits per heavy atom. The number of hydrogen-bond donors (Lipinski definition) is 2. The first kappa shape index (κ1) is 18.4. The highest BCUT2D eigenvalue weighted by Gasteiger charge is 2.21. The quantitative estimate of drug-likeness (QED) is 0.633.